The number of rotatable bonds is 5. The predicted molar refractivity (Wildman–Crippen MR) is 112 cm³/mol. The van der Waals surface area contributed by atoms with Crippen molar-refractivity contribution in [2.24, 2.45) is 15.7 Å². The molecule has 1 fully saturated rings. The third kappa shape index (κ3) is 4.48. The Balaban J connectivity index is 2.01. The fourth-order valence-electron chi connectivity index (χ4n) is 2.76. The van der Waals surface area contributed by atoms with Crippen molar-refractivity contribution >= 4 is 29.2 Å². The Labute approximate surface area is 168 Å². The standard InChI is InChI=1S/C21H22FN5O2/c1-3-7-13(8-4-2)16-14-9-5-6-10-15(14)25-18(28)17(26-16)27-20(24)29-19(23)21(22)11-12-21/h3-10,17,23H,1,11-12H2,2H3,(H2,24,27)(H,25,28)/b8-4-,13-7+,23-19?. The summed E-state index contributed by atoms with van der Waals surface area (Å²) >= 11 is 0. The number of halogens is 1. The van der Waals surface area contributed by atoms with Gasteiger partial charge < -0.3 is 15.8 Å². The molecule has 1 unspecified atom stereocenters. The number of alkyl halides is 1. The van der Waals surface area contributed by atoms with Crippen LogP contribution >= 0.6 is 0 Å². The summed E-state index contributed by atoms with van der Waals surface area (Å²) in [6.07, 6.45) is 6.21. The number of benzodiazepines with no additional fused rings is 1. The second-order valence-corrected chi connectivity index (χ2v) is 6.61. The van der Waals surface area contributed by atoms with Crippen molar-refractivity contribution in [2.75, 3.05) is 5.32 Å². The topological polar surface area (TPSA) is 113 Å². The molecule has 7 nitrogen and oxygen atoms in total. The van der Waals surface area contributed by atoms with Crippen LogP contribution in [0.1, 0.15) is 25.3 Å². The number of nitrogens with one attached hydrogen (secondary N) is 2. The van der Waals surface area contributed by atoms with Crippen molar-refractivity contribution in [3.8, 4) is 0 Å². The van der Waals surface area contributed by atoms with Crippen LogP contribution in [0.3, 0.4) is 0 Å². The lowest BCUT2D eigenvalue weighted by Crippen LogP contribution is -2.31. The minimum absolute atomic E-state index is 0.208. The number of nitrogens with zero attached hydrogens (tertiary/aromatic N) is 2. The van der Waals surface area contributed by atoms with E-state index in [1.54, 1.807) is 24.3 Å². The Kier molecular flexibility index (Phi) is 5.72. The maximum Gasteiger partial charge on any atom is 0.291 e. The van der Waals surface area contributed by atoms with Crippen LogP contribution in [0.15, 0.2) is 70.7 Å². The van der Waals surface area contributed by atoms with Crippen LogP contribution < -0.4 is 11.1 Å². The Morgan fingerprint density at radius 2 is 2.21 bits per heavy atom. The van der Waals surface area contributed by atoms with Gasteiger partial charge in [-0.3, -0.25) is 10.2 Å². The summed E-state index contributed by atoms with van der Waals surface area (Å²) in [6.45, 7) is 5.59. The SMILES string of the molecule is C=C/C=C(\C=C/C)C1=NC(/N=C(\N)OC(=N)C2(F)CC2)C(=O)Nc2ccccc21. The molecule has 1 aliphatic heterocycles. The summed E-state index contributed by atoms with van der Waals surface area (Å²) in [6, 6.07) is 6.72. The Hall–Kier alpha value is -3.55. The van der Waals surface area contributed by atoms with Crippen molar-refractivity contribution in [1.29, 1.82) is 5.41 Å². The number of hydrogen-bond acceptors (Lipinski definition) is 5. The molecule has 0 aromatic heterocycles. The number of para-hydroxylation sites is 1. The highest BCUT2D eigenvalue weighted by Gasteiger charge is 2.50. The van der Waals surface area contributed by atoms with E-state index in [0.717, 1.165) is 5.57 Å². The van der Waals surface area contributed by atoms with Crippen LogP contribution in [0.2, 0.25) is 0 Å². The molecule has 1 aromatic rings. The van der Waals surface area contributed by atoms with Crippen LogP contribution in [0.25, 0.3) is 0 Å². The van der Waals surface area contributed by atoms with Crippen molar-refractivity contribution < 1.29 is 13.9 Å². The van der Waals surface area contributed by atoms with Gasteiger partial charge in [0.2, 0.25) is 12.1 Å². The fourth-order valence-corrected chi connectivity index (χ4v) is 2.76. The van der Waals surface area contributed by atoms with Crippen molar-refractivity contribution in [3.05, 3.63) is 66.3 Å². The van der Waals surface area contributed by atoms with E-state index in [2.05, 4.69) is 21.9 Å². The summed E-state index contributed by atoms with van der Waals surface area (Å²) in [4.78, 5) is 21.1. The maximum absolute atomic E-state index is 13.9. The molecule has 29 heavy (non-hydrogen) atoms. The highest BCUT2D eigenvalue weighted by atomic mass is 19.1. The molecule has 1 aromatic carbocycles. The number of hydrogen-bond donors (Lipinski definition) is 3. The normalized spacial score (nSPS) is 21.0. The second kappa shape index (κ2) is 8.22. The van der Waals surface area contributed by atoms with Gasteiger partial charge in [-0.1, -0.05) is 49.1 Å². The third-order valence-electron chi connectivity index (χ3n) is 4.40. The Morgan fingerprint density at radius 1 is 1.48 bits per heavy atom. The minimum atomic E-state index is -1.79. The molecule has 0 radical (unpaired) electrons. The number of amidine groups is 1. The van der Waals surface area contributed by atoms with Crippen LogP contribution in [-0.4, -0.2) is 35.4 Å². The molecule has 1 amide bonds. The quantitative estimate of drug-likeness (QED) is 0.404. The molecule has 4 N–H and O–H groups in total. The number of aliphatic imine (C=N–C) groups is 2. The second-order valence-electron chi connectivity index (χ2n) is 6.61. The lowest BCUT2D eigenvalue weighted by molar-refractivity contribution is -0.117. The van der Waals surface area contributed by atoms with E-state index in [4.69, 9.17) is 15.9 Å². The predicted octanol–water partition coefficient (Wildman–Crippen LogP) is 3.25. The Morgan fingerprint density at radius 3 is 2.86 bits per heavy atom. The van der Waals surface area contributed by atoms with Gasteiger partial charge in [-0.25, -0.2) is 9.38 Å². The van der Waals surface area contributed by atoms with E-state index in [-0.39, 0.29) is 12.8 Å². The van der Waals surface area contributed by atoms with Gasteiger partial charge >= 0.3 is 0 Å². The number of anilines is 1. The molecule has 0 spiro atoms. The summed E-state index contributed by atoms with van der Waals surface area (Å²) in [5, 5.41) is 10.4. The summed E-state index contributed by atoms with van der Waals surface area (Å²) in [7, 11) is 0. The van der Waals surface area contributed by atoms with Gasteiger partial charge in [-0.2, -0.15) is 4.99 Å². The van der Waals surface area contributed by atoms with Crippen LogP contribution in [0.4, 0.5) is 10.1 Å². The van der Waals surface area contributed by atoms with Gasteiger partial charge in [0, 0.05) is 11.1 Å². The summed E-state index contributed by atoms with van der Waals surface area (Å²) in [5.41, 5.74) is 6.43. The molecule has 1 aliphatic carbocycles. The van der Waals surface area contributed by atoms with E-state index in [0.29, 0.717) is 17.0 Å². The van der Waals surface area contributed by atoms with Gasteiger partial charge in [0.1, 0.15) is 0 Å². The number of allylic oxidation sites excluding steroid dienone is 5. The van der Waals surface area contributed by atoms with E-state index in [1.807, 2.05) is 31.2 Å². The fraction of sp³-hybridized carbons (Fsp3) is 0.238. The molecule has 8 heteroatoms. The molecule has 0 saturated heterocycles. The monoisotopic (exact) mass is 395 g/mol. The first-order valence-electron chi connectivity index (χ1n) is 9.11. The number of carbonyl (C=O) groups excluding carboxylic acids is 1. The first-order chi connectivity index (χ1) is 13.9. The van der Waals surface area contributed by atoms with Gasteiger partial charge in [0.15, 0.2) is 5.67 Å². The molecule has 0 bridgehead atoms. The molecule has 1 heterocycles. The minimum Gasteiger partial charge on any atom is -0.408 e. The number of fused-ring (bicyclic) bond motifs is 1. The van der Waals surface area contributed by atoms with E-state index in [9.17, 15) is 9.18 Å². The molecule has 3 rings (SSSR count). The van der Waals surface area contributed by atoms with E-state index < -0.39 is 29.7 Å². The number of amides is 1. The Bertz CT molecular complexity index is 973. The zero-order valence-electron chi connectivity index (χ0n) is 16.0. The van der Waals surface area contributed by atoms with E-state index in [1.165, 1.54) is 0 Å². The van der Waals surface area contributed by atoms with Crippen LogP contribution in [0, 0.1) is 5.41 Å². The molecular formula is C21H22FN5O2. The average molecular weight is 395 g/mol. The highest BCUT2D eigenvalue weighted by molar-refractivity contribution is 6.20. The molecule has 150 valence electrons. The zero-order chi connectivity index (χ0) is 21.0. The summed E-state index contributed by atoms with van der Waals surface area (Å²) in [5.74, 6) is -1.13. The first-order valence-corrected chi connectivity index (χ1v) is 9.11. The van der Waals surface area contributed by atoms with Crippen molar-refractivity contribution in [1.82, 2.24) is 0 Å². The van der Waals surface area contributed by atoms with Gasteiger partial charge in [0.05, 0.1) is 11.4 Å². The maximum atomic E-state index is 13.9. The lowest BCUT2D eigenvalue weighted by atomic mass is 10.00. The largest absolute Gasteiger partial charge is 0.408 e. The summed E-state index contributed by atoms with van der Waals surface area (Å²) < 4.78 is 18.9. The van der Waals surface area contributed by atoms with Crippen molar-refractivity contribution in [2.45, 2.75) is 31.6 Å². The number of nitrogens with two attached hydrogens (primary N) is 1. The zero-order valence-corrected chi connectivity index (χ0v) is 16.0. The van der Waals surface area contributed by atoms with Crippen LogP contribution in [0.5, 0.6) is 0 Å². The third-order valence-corrected chi connectivity index (χ3v) is 4.40. The van der Waals surface area contributed by atoms with Gasteiger partial charge in [0.25, 0.3) is 11.9 Å². The molecule has 1 saturated carbocycles. The molecule has 1 atom stereocenters. The first kappa shape index (κ1) is 20.2. The number of ether oxygens (including phenoxy) is 1. The van der Waals surface area contributed by atoms with Crippen LogP contribution in [-0.2, 0) is 9.53 Å². The smallest absolute Gasteiger partial charge is 0.291 e. The van der Waals surface area contributed by atoms with Crippen molar-refractivity contribution in [3.63, 3.8) is 0 Å². The van der Waals surface area contributed by atoms with E-state index >= 15 is 0 Å². The van der Waals surface area contributed by atoms with Gasteiger partial charge in [-0.15, -0.1) is 0 Å². The molecule has 2 aliphatic rings. The van der Waals surface area contributed by atoms with Gasteiger partial charge in [-0.05, 0) is 25.8 Å². The highest BCUT2D eigenvalue weighted by Crippen LogP contribution is 2.41. The number of carbonyl (C=O) groups is 1. The lowest BCUT2D eigenvalue weighted by Gasteiger charge is -2.11. The number of benzene rings is 1. The average Bonchev–Trinajstić information content (AvgIpc) is 3.45. The molecular weight excluding hydrogens is 373 g/mol.